The van der Waals surface area contributed by atoms with E-state index in [-0.39, 0.29) is 12.1 Å². The molecule has 2 nitrogen and oxygen atoms in total. The molecular weight excluding hydrogens is 210 g/mol. The maximum atomic E-state index is 9.72. The molecule has 0 radical (unpaired) electrons. The lowest BCUT2D eigenvalue weighted by Gasteiger charge is -2.31. The highest BCUT2D eigenvalue weighted by molar-refractivity contribution is 5.36. The standard InChI is InChI=1S/C15H23NO/c1-11-4-5-12(2)14(8-11)15(3,10-17)16-9-13-6-7-13/h4-5,8,13,16-17H,6-7,9-10H2,1-3H3. The maximum Gasteiger partial charge on any atom is 0.0652 e. The fourth-order valence-electron chi connectivity index (χ4n) is 2.26. The summed E-state index contributed by atoms with van der Waals surface area (Å²) in [5, 5.41) is 13.3. The highest BCUT2D eigenvalue weighted by atomic mass is 16.3. The molecule has 0 aromatic heterocycles. The summed E-state index contributed by atoms with van der Waals surface area (Å²) in [5.41, 5.74) is 3.41. The highest BCUT2D eigenvalue weighted by Crippen LogP contribution is 2.31. The summed E-state index contributed by atoms with van der Waals surface area (Å²) in [6.45, 7) is 7.47. The van der Waals surface area contributed by atoms with Gasteiger partial charge in [-0.1, -0.05) is 23.8 Å². The van der Waals surface area contributed by atoms with E-state index in [4.69, 9.17) is 0 Å². The second-order valence-corrected chi connectivity index (χ2v) is 5.63. The molecule has 0 bridgehead atoms. The van der Waals surface area contributed by atoms with Crippen molar-refractivity contribution in [2.75, 3.05) is 13.2 Å². The third-order valence-electron chi connectivity index (χ3n) is 3.78. The fraction of sp³-hybridized carbons (Fsp3) is 0.600. The normalized spacial score (nSPS) is 19.1. The molecule has 2 rings (SSSR count). The number of aryl methyl sites for hydroxylation is 2. The molecule has 0 aliphatic heterocycles. The Morgan fingerprint density at radius 1 is 1.35 bits per heavy atom. The van der Waals surface area contributed by atoms with Gasteiger partial charge >= 0.3 is 0 Å². The molecule has 0 amide bonds. The Labute approximate surface area is 104 Å². The number of rotatable bonds is 5. The summed E-state index contributed by atoms with van der Waals surface area (Å²) in [4.78, 5) is 0. The Bertz CT molecular complexity index is 398. The molecule has 0 heterocycles. The first kappa shape index (κ1) is 12.6. The fourth-order valence-corrected chi connectivity index (χ4v) is 2.26. The van der Waals surface area contributed by atoms with E-state index < -0.39 is 0 Å². The van der Waals surface area contributed by atoms with Crippen LogP contribution in [0.2, 0.25) is 0 Å². The van der Waals surface area contributed by atoms with Gasteiger partial charge < -0.3 is 10.4 Å². The third-order valence-corrected chi connectivity index (χ3v) is 3.78. The predicted molar refractivity (Wildman–Crippen MR) is 71.1 cm³/mol. The van der Waals surface area contributed by atoms with Crippen LogP contribution in [-0.4, -0.2) is 18.3 Å². The van der Waals surface area contributed by atoms with Crippen molar-refractivity contribution in [2.24, 2.45) is 5.92 Å². The van der Waals surface area contributed by atoms with E-state index in [1.165, 1.54) is 29.5 Å². The minimum atomic E-state index is -0.307. The predicted octanol–water partition coefficient (Wildman–Crippen LogP) is 2.51. The molecule has 2 heteroatoms. The van der Waals surface area contributed by atoms with Crippen LogP contribution in [0.5, 0.6) is 0 Å². The first-order valence-electron chi connectivity index (χ1n) is 6.49. The molecule has 1 aromatic rings. The number of aliphatic hydroxyl groups is 1. The summed E-state index contributed by atoms with van der Waals surface area (Å²) >= 11 is 0. The molecule has 2 N–H and O–H groups in total. The van der Waals surface area contributed by atoms with Gasteiger partial charge in [0.1, 0.15) is 0 Å². The molecule has 1 saturated carbocycles. The van der Waals surface area contributed by atoms with Crippen LogP contribution in [0, 0.1) is 19.8 Å². The van der Waals surface area contributed by atoms with E-state index in [1.807, 2.05) is 0 Å². The topological polar surface area (TPSA) is 32.3 Å². The van der Waals surface area contributed by atoms with Crippen LogP contribution < -0.4 is 5.32 Å². The van der Waals surface area contributed by atoms with Gasteiger partial charge in [-0.3, -0.25) is 0 Å². The van der Waals surface area contributed by atoms with E-state index in [9.17, 15) is 5.11 Å². The van der Waals surface area contributed by atoms with E-state index in [0.717, 1.165) is 12.5 Å². The molecule has 0 spiro atoms. The second-order valence-electron chi connectivity index (χ2n) is 5.63. The van der Waals surface area contributed by atoms with Crippen molar-refractivity contribution in [2.45, 2.75) is 39.2 Å². The van der Waals surface area contributed by atoms with Crippen molar-refractivity contribution < 1.29 is 5.11 Å². The van der Waals surface area contributed by atoms with Crippen molar-refractivity contribution in [1.29, 1.82) is 0 Å². The highest BCUT2D eigenvalue weighted by Gasteiger charge is 2.30. The van der Waals surface area contributed by atoms with E-state index >= 15 is 0 Å². The number of nitrogens with one attached hydrogen (secondary N) is 1. The zero-order valence-electron chi connectivity index (χ0n) is 11.1. The SMILES string of the molecule is Cc1ccc(C)c(C(C)(CO)NCC2CC2)c1. The van der Waals surface area contributed by atoms with Crippen LogP contribution in [0.1, 0.15) is 36.5 Å². The van der Waals surface area contributed by atoms with Crippen LogP contribution in [0.15, 0.2) is 18.2 Å². The monoisotopic (exact) mass is 233 g/mol. The van der Waals surface area contributed by atoms with Gasteiger partial charge in [-0.2, -0.15) is 0 Å². The number of aliphatic hydroxyl groups excluding tert-OH is 1. The zero-order valence-corrected chi connectivity index (χ0v) is 11.1. The van der Waals surface area contributed by atoms with Gasteiger partial charge in [0.15, 0.2) is 0 Å². The quantitative estimate of drug-likeness (QED) is 0.819. The summed E-state index contributed by atoms with van der Waals surface area (Å²) in [5.74, 6) is 0.825. The summed E-state index contributed by atoms with van der Waals surface area (Å²) < 4.78 is 0. The summed E-state index contributed by atoms with van der Waals surface area (Å²) in [6.07, 6.45) is 2.67. The van der Waals surface area contributed by atoms with Gasteiger partial charge in [0.25, 0.3) is 0 Å². The average Bonchev–Trinajstić information content (AvgIpc) is 3.13. The van der Waals surface area contributed by atoms with Crippen molar-refractivity contribution in [3.05, 3.63) is 34.9 Å². The number of benzene rings is 1. The first-order valence-corrected chi connectivity index (χ1v) is 6.49. The zero-order chi connectivity index (χ0) is 12.5. The second kappa shape index (κ2) is 4.79. The lowest BCUT2D eigenvalue weighted by Crippen LogP contribution is -2.44. The molecule has 1 atom stereocenters. The van der Waals surface area contributed by atoms with Crippen LogP contribution in [0.4, 0.5) is 0 Å². The molecule has 17 heavy (non-hydrogen) atoms. The molecule has 1 aliphatic rings. The van der Waals surface area contributed by atoms with E-state index in [0.29, 0.717) is 0 Å². The first-order chi connectivity index (χ1) is 8.05. The Balaban J connectivity index is 2.21. The Kier molecular flexibility index (Phi) is 3.55. The molecule has 0 saturated heterocycles. The average molecular weight is 233 g/mol. The van der Waals surface area contributed by atoms with Crippen LogP contribution in [0.25, 0.3) is 0 Å². The largest absolute Gasteiger partial charge is 0.394 e. The van der Waals surface area contributed by atoms with Crippen LogP contribution in [-0.2, 0) is 5.54 Å². The minimum absolute atomic E-state index is 0.143. The smallest absolute Gasteiger partial charge is 0.0652 e. The Morgan fingerprint density at radius 3 is 2.65 bits per heavy atom. The molecular formula is C15H23NO. The van der Waals surface area contributed by atoms with Gasteiger partial charge in [0.05, 0.1) is 12.1 Å². The minimum Gasteiger partial charge on any atom is -0.394 e. The molecule has 1 aliphatic carbocycles. The Hall–Kier alpha value is -0.860. The van der Waals surface area contributed by atoms with Gasteiger partial charge in [-0.25, -0.2) is 0 Å². The van der Waals surface area contributed by atoms with Crippen molar-refractivity contribution in [3.63, 3.8) is 0 Å². The van der Waals surface area contributed by atoms with Gasteiger partial charge in [0, 0.05) is 0 Å². The van der Waals surface area contributed by atoms with E-state index in [2.05, 4.69) is 44.3 Å². The van der Waals surface area contributed by atoms with Crippen LogP contribution in [0.3, 0.4) is 0 Å². The maximum absolute atomic E-state index is 9.72. The summed E-state index contributed by atoms with van der Waals surface area (Å²) in [7, 11) is 0. The van der Waals surface area contributed by atoms with Crippen LogP contribution >= 0.6 is 0 Å². The lowest BCUT2D eigenvalue weighted by atomic mass is 9.88. The van der Waals surface area contributed by atoms with Crippen molar-refractivity contribution in [3.8, 4) is 0 Å². The molecule has 1 unspecified atom stereocenters. The van der Waals surface area contributed by atoms with Crippen molar-refractivity contribution >= 4 is 0 Å². The van der Waals surface area contributed by atoms with Crippen molar-refractivity contribution in [1.82, 2.24) is 5.32 Å². The van der Waals surface area contributed by atoms with Gasteiger partial charge in [-0.05, 0) is 57.2 Å². The van der Waals surface area contributed by atoms with Gasteiger partial charge in [0.2, 0.25) is 0 Å². The number of hydrogen-bond donors (Lipinski definition) is 2. The molecule has 1 fully saturated rings. The summed E-state index contributed by atoms with van der Waals surface area (Å²) in [6, 6.07) is 6.44. The third kappa shape index (κ3) is 2.88. The lowest BCUT2D eigenvalue weighted by molar-refractivity contribution is 0.173. The van der Waals surface area contributed by atoms with E-state index in [1.54, 1.807) is 0 Å². The van der Waals surface area contributed by atoms with Gasteiger partial charge in [-0.15, -0.1) is 0 Å². The molecule has 1 aromatic carbocycles. The Morgan fingerprint density at radius 2 is 2.06 bits per heavy atom. The number of hydrogen-bond acceptors (Lipinski definition) is 2. The molecule has 94 valence electrons.